The lowest BCUT2D eigenvalue weighted by Gasteiger charge is -2.41. The lowest BCUT2D eigenvalue weighted by atomic mass is 10.1. The normalized spacial score (nSPS) is 18.5. The highest BCUT2D eigenvalue weighted by atomic mass is 19.4. The Balaban J connectivity index is 1.59. The van der Waals surface area contributed by atoms with Gasteiger partial charge in [-0.25, -0.2) is 0 Å². The smallest absolute Gasteiger partial charge is 0.508 e. The van der Waals surface area contributed by atoms with Crippen molar-refractivity contribution < 1.29 is 37.3 Å². The molecule has 15 heteroatoms. The Hall–Kier alpha value is -5.10. The highest BCUT2D eigenvalue weighted by Gasteiger charge is 2.40. The van der Waals surface area contributed by atoms with E-state index in [4.69, 9.17) is 4.74 Å². The minimum Gasteiger partial charge on any atom is -0.508 e. The largest absolute Gasteiger partial charge is 0.573 e. The van der Waals surface area contributed by atoms with Crippen LogP contribution in [0.1, 0.15) is 43.6 Å². The number of carbonyl (C=O) groups is 2. The molecule has 3 heterocycles. The molecule has 2 aliphatic heterocycles. The number of ether oxygens (including phenoxy) is 2. The van der Waals surface area contributed by atoms with Gasteiger partial charge in [-0.05, 0) is 50.8 Å². The van der Waals surface area contributed by atoms with Crippen molar-refractivity contribution >= 4 is 34.1 Å². The number of benzene rings is 2. The molecule has 48 heavy (non-hydrogen) atoms. The second-order valence-electron chi connectivity index (χ2n) is 11.9. The van der Waals surface area contributed by atoms with E-state index in [1.54, 1.807) is 24.3 Å². The van der Waals surface area contributed by atoms with Gasteiger partial charge in [0, 0.05) is 43.2 Å². The predicted molar refractivity (Wildman–Crippen MR) is 171 cm³/mol. The van der Waals surface area contributed by atoms with Gasteiger partial charge >= 0.3 is 12.4 Å². The fourth-order valence-electron chi connectivity index (χ4n) is 6.26. The van der Waals surface area contributed by atoms with Gasteiger partial charge in [-0.2, -0.15) is 15.2 Å². The van der Waals surface area contributed by atoms with E-state index in [1.807, 2.05) is 6.07 Å². The van der Waals surface area contributed by atoms with Crippen LogP contribution in [-0.2, 0) is 4.79 Å². The minimum absolute atomic E-state index is 0.00577. The first kappa shape index (κ1) is 34.2. The maximum Gasteiger partial charge on any atom is 0.573 e. The number of fused-ring (bicyclic) bond motifs is 1. The quantitative estimate of drug-likeness (QED) is 0.288. The van der Waals surface area contributed by atoms with Crippen molar-refractivity contribution in [2.24, 2.45) is 0 Å². The number of phenols is 1. The zero-order valence-corrected chi connectivity index (χ0v) is 26.5. The summed E-state index contributed by atoms with van der Waals surface area (Å²) in [5, 5.41) is 23.4. The van der Waals surface area contributed by atoms with Gasteiger partial charge in [0.05, 0.1) is 24.2 Å². The highest BCUT2D eigenvalue weighted by Crippen LogP contribution is 2.38. The van der Waals surface area contributed by atoms with Gasteiger partial charge in [-0.3, -0.25) is 14.5 Å². The number of aromatic nitrogens is 2. The summed E-state index contributed by atoms with van der Waals surface area (Å²) in [5.74, 6) is -3.04. The third kappa shape index (κ3) is 7.71. The standard InChI is InChI=1S/C33H36F3N7O5/c1-4-27(45)43-15-14-41(18-22(43)11-12-37)30-29(48-33(34,35)36)28(39-32(40-30)47-19-23-9-7-13-42(23)20(2)3)31(46)38-26-17-24(44)16-21-8-5-6-10-25(21)26/h4-6,8,10,16-17,20,22-23,44H,1,7,9,11,13-15,18-19H2,2-3H3,(H,38,46)/t22-,23-/m0/s1. The average molecular weight is 668 g/mol. The number of anilines is 2. The molecule has 2 aliphatic rings. The van der Waals surface area contributed by atoms with Crippen LogP contribution >= 0.6 is 0 Å². The monoisotopic (exact) mass is 667 g/mol. The number of halogens is 3. The average Bonchev–Trinajstić information content (AvgIpc) is 3.52. The summed E-state index contributed by atoms with van der Waals surface area (Å²) in [5.41, 5.74) is -0.631. The number of hydrogen-bond acceptors (Lipinski definition) is 10. The summed E-state index contributed by atoms with van der Waals surface area (Å²) in [6.45, 7) is 8.51. The van der Waals surface area contributed by atoms with E-state index in [-0.39, 0.29) is 68.0 Å². The van der Waals surface area contributed by atoms with Crippen molar-refractivity contribution in [1.82, 2.24) is 19.8 Å². The van der Waals surface area contributed by atoms with Crippen molar-refractivity contribution in [3.63, 3.8) is 0 Å². The number of likely N-dealkylation sites (tertiary alicyclic amines) is 1. The molecule has 2 amide bonds. The Morgan fingerprint density at radius 2 is 1.96 bits per heavy atom. The third-order valence-corrected chi connectivity index (χ3v) is 8.41. The number of rotatable bonds is 10. The number of carbonyl (C=O) groups excluding carboxylic acids is 2. The molecule has 5 rings (SSSR count). The van der Waals surface area contributed by atoms with Crippen molar-refractivity contribution in [2.45, 2.75) is 57.6 Å². The summed E-state index contributed by atoms with van der Waals surface area (Å²) in [6.07, 6.45) is -2.50. The van der Waals surface area contributed by atoms with E-state index >= 15 is 0 Å². The number of nitrogens with zero attached hydrogens (tertiary/aromatic N) is 6. The second kappa shape index (κ2) is 14.3. The molecule has 2 saturated heterocycles. The molecular formula is C33H36F3N7O5. The Kier molecular flexibility index (Phi) is 10.2. The van der Waals surface area contributed by atoms with Gasteiger partial charge in [0.1, 0.15) is 12.4 Å². The first-order chi connectivity index (χ1) is 22.9. The molecule has 2 N–H and O–H groups in total. The summed E-state index contributed by atoms with van der Waals surface area (Å²) in [7, 11) is 0. The summed E-state index contributed by atoms with van der Waals surface area (Å²) < 4.78 is 52.4. The van der Waals surface area contributed by atoms with Gasteiger partial charge in [0.25, 0.3) is 5.91 Å². The number of amides is 2. The van der Waals surface area contributed by atoms with Crippen LogP contribution in [0.2, 0.25) is 0 Å². The first-order valence-corrected chi connectivity index (χ1v) is 15.5. The zero-order valence-electron chi connectivity index (χ0n) is 26.5. The van der Waals surface area contributed by atoms with Crippen LogP contribution in [-0.4, -0.2) is 94.0 Å². The molecule has 2 aromatic carbocycles. The van der Waals surface area contributed by atoms with Crippen LogP contribution in [0.4, 0.5) is 24.7 Å². The molecule has 0 aliphatic carbocycles. The Morgan fingerprint density at radius 3 is 2.67 bits per heavy atom. The molecule has 2 fully saturated rings. The predicted octanol–water partition coefficient (Wildman–Crippen LogP) is 4.85. The maximum absolute atomic E-state index is 14.0. The van der Waals surface area contributed by atoms with Crippen molar-refractivity contribution in [3.05, 3.63) is 54.7 Å². The lowest BCUT2D eigenvalue weighted by molar-refractivity contribution is -0.274. The number of aromatic hydroxyl groups is 1. The van der Waals surface area contributed by atoms with E-state index in [2.05, 4.69) is 45.3 Å². The van der Waals surface area contributed by atoms with Crippen LogP contribution in [0, 0.1) is 11.3 Å². The number of hydrogen-bond donors (Lipinski definition) is 2. The van der Waals surface area contributed by atoms with Crippen LogP contribution in [0.5, 0.6) is 17.5 Å². The fraction of sp³-hybridized carbons (Fsp3) is 0.424. The summed E-state index contributed by atoms with van der Waals surface area (Å²) in [4.78, 5) is 40.0. The van der Waals surface area contributed by atoms with Gasteiger partial charge in [0.15, 0.2) is 11.5 Å². The van der Waals surface area contributed by atoms with E-state index in [1.165, 1.54) is 21.9 Å². The highest BCUT2D eigenvalue weighted by molar-refractivity contribution is 6.10. The van der Waals surface area contributed by atoms with Gasteiger partial charge in [-0.15, -0.1) is 13.2 Å². The summed E-state index contributed by atoms with van der Waals surface area (Å²) >= 11 is 0. The van der Waals surface area contributed by atoms with E-state index < -0.39 is 35.7 Å². The molecule has 0 radical (unpaired) electrons. The second-order valence-corrected chi connectivity index (χ2v) is 11.9. The SMILES string of the molecule is C=CC(=O)N1CCN(c2nc(OC[C@@H]3CCCN3C(C)C)nc(C(=O)Nc3cc(O)cc4ccccc34)c2OC(F)(F)F)C[C@@H]1CC#N. The van der Waals surface area contributed by atoms with E-state index in [0.29, 0.717) is 10.8 Å². The van der Waals surface area contributed by atoms with Gasteiger partial charge in [-0.1, -0.05) is 30.8 Å². The van der Waals surface area contributed by atoms with E-state index in [9.17, 15) is 33.1 Å². The molecule has 1 aromatic heterocycles. The third-order valence-electron chi connectivity index (χ3n) is 8.41. The topological polar surface area (TPSA) is 144 Å². The van der Waals surface area contributed by atoms with Gasteiger partial charge < -0.3 is 29.7 Å². The molecule has 0 unspecified atom stereocenters. The number of nitrogens with one attached hydrogen (secondary N) is 1. The molecule has 0 bridgehead atoms. The fourth-order valence-corrected chi connectivity index (χ4v) is 6.26. The molecular weight excluding hydrogens is 631 g/mol. The van der Waals surface area contributed by atoms with E-state index in [0.717, 1.165) is 25.5 Å². The van der Waals surface area contributed by atoms with Crippen LogP contribution in [0.15, 0.2) is 49.1 Å². The Bertz CT molecular complexity index is 1730. The number of alkyl halides is 3. The Labute approximate surface area is 275 Å². The molecule has 254 valence electrons. The molecule has 2 atom stereocenters. The Morgan fingerprint density at radius 1 is 1.19 bits per heavy atom. The number of nitriles is 1. The first-order valence-electron chi connectivity index (χ1n) is 15.5. The van der Waals surface area contributed by atoms with Gasteiger partial charge in [0.2, 0.25) is 11.7 Å². The zero-order chi connectivity index (χ0) is 34.6. The van der Waals surface area contributed by atoms with Crippen LogP contribution in [0.3, 0.4) is 0 Å². The molecule has 12 nitrogen and oxygen atoms in total. The van der Waals surface area contributed by atoms with Crippen LogP contribution < -0.4 is 19.7 Å². The van der Waals surface area contributed by atoms with Crippen molar-refractivity contribution in [3.8, 4) is 23.6 Å². The molecule has 0 spiro atoms. The molecule has 0 saturated carbocycles. The summed E-state index contributed by atoms with van der Waals surface area (Å²) in [6, 6.07) is 10.7. The molecule has 3 aromatic rings. The lowest BCUT2D eigenvalue weighted by Crippen LogP contribution is -2.55. The number of piperazine rings is 1. The number of phenolic OH excluding ortho intramolecular Hbond substituents is 1. The maximum atomic E-state index is 14.0. The van der Waals surface area contributed by atoms with Crippen molar-refractivity contribution in [2.75, 3.05) is 43.0 Å². The minimum atomic E-state index is -5.25. The van der Waals surface area contributed by atoms with Crippen molar-refractivity contribution in [1.29, 1.82) is 5.26 Å². The van der Waals surface area contributed by atoms with Crippen LogP contribution in [0.25, 0.3) is 10.8 Å².